The van der Waals surface area contributed by atoms with Gasteiger partial charge in [-0.3, -0.25) is 0 Å². The van der Waals surface area contributed by atoms with E-state index in [1.165, 1.54) is 39.1 Å². The van der Waals surface area contributed by atoms with Crippen molar-refractivity contribution in [3.63, 3.8) is 0 Å². The van der Waals surface area contributed by atoms with Crippen molar-refractivity contribution < 1.29 is 0 Å². The van der Waals surface area contributed by atoms with E-state index in [4.69, 9.17) is 5.73 Å². The van der Waals surface area contributed by atoms with Crippen molar-refractivity contribution in [1.29, 1.82) is 0 Å². The third kappa shape index (κ3) is 10.2. The molecule has 0 aliphatic carbocycles. The van der Waals surface area contributed by atoms with Gasteiger partial charge in [0.1, 0.15) is 0 Å². The molecule has 39 heavy (non-hydrogen) atoms. The summed E-state index contributed by atoms with van der Waals surface area (Å²) in [5, 5.41) is 3.52. The Hall–Kier alpha value is -3.04. The minimum Gasteiger partial charge on any atom is -0.398 e. The van der Waals surface area contributed by atoms with E-state index in [9.17, 15) is 0 Å². The highest BCUT2D eigenvalue weighted by molar-refractivity contribution is 9.10. The second-order valence-electron chi connectivity index (χ2n) is 12.3. The van der Waals surface area contributed by atoms with Crippen LogP contribution in [-0.4, -0.2) is 0 Å². The molecule has 0 aliphatic rings. The Balaban J connectivity index is 0.000000229. The van der Waals surface area contributed by atoms with Crippen LogP contribution >= 0.6 is 15.9 Å². The van der Waals surface area contributed by atoms with Crippen LogP contribution in [0.5, 0.6) is 0 Å². The summed E-state index contributed by atoms with van der Waals surface area (Å²) >= 11 is 3.31. The predicted octanol–water partition coefficient (Wildman–Crippen LogP) is 11.0. The normalized spacial score (nSPS) is 11.1. The van der Waals surface area contributed by atoms with Crippen LogP contribution in [0.15, 0.2) is 89.4 Å². The van der Waals surface area contributed by atoms with Gasteiger partial charge in [-0.25, -0.2) is 0 Å². The SMILES string of the molecule is Brc1ccccc1.Cc1cc(C(C)(C)C)cc(C)c1N.Cc1cc(C(C)(C)C)cc(C)c1Nc1ccccc1. The Bertz CT molecular complexity index is 1280. The first-order valence-electron chi connectivity index (χ1n) is 13.6. The van der Waals surface area contributed by atoms with Gasteiger partial charge in [-0.1, -0.05) is 118 Å². The summed E-state index contributed by atoms with van der Waals surface area (Å²) in [6, 6.07) is 29.2. The van der Waals surface area contributed by atoms with E-state index in [0.29, 0.717) is 0 Å². The summed E-state index contributed by atoms with van der Waals surface area (Å²) in [5.74, 6) is 0. The fourth-order valence-corrected chi connectivity index (χ4v) is 4.39. The Morgan fingerprint density at radius 3 is 1.26 bits per heavy atom. The van der Waals surface area contributed by atoms with Crippen LogP contribution in [0.3, 0.4) is 0 Å². The molecule has 0 aliphatic heterocycles. The first-order chi connectivity index (χ1) is 18.1. The molecule has 0 atom stereocenters. The second-order valence-corrected chi connectivity index (χ2v) is 13.2. The number of aryl methyl sites for hydroxylation is 4. The summed E-state index contributed by atoms with van der Waals surface area (Å²) in [6.07, 6.45) is 0. The molecule has 2 nitrogen and oxygen atoms in total. The molecule has 4 aromatic rings. The van der Waals surface area contributed by atoms with Gasteiger partial charge in [-0.05, 0) is 96.2 Å². The highest BCUT2D eigenvalue weighted by atomic mass is 79.9. The number of halogens is 1. The topological polar surface area (TPSA) is 38.0 Å². The van der Waals surface area contributed by atoms with Crippen LogP contribution < -0.4 is 11.1 Å². The molecule has 208 valence electrons. The van der Waals surface area contributed by atoms with Crippen molar-refractivity contribution in [1.82, 2.24) is 0 Å². The third-order valence-corrected chi connectivity index (χ3v) is 7.16. The number of nitrogen functional groups attached to an aromatic ring is 1. The Morgan fingerprint density at radius 1 is 0.564 bits per heavy atom. The molecule has 0 fully saturated rings. The van der Waals surface area contributed by atoms with Crippen molar-refractivity contribution in [2.75, 3.05) is 11.1 Å². The molecule has 4 rings (SSSR count). The molecule has 0 saturated carbocycles. The van der Waals surface area contributed by atoms with Gasteiger partial charge >= 0.3 is 0 Å². The summed E-state index contributed by atoms with van der Waals surface area (Å²) in [4.78, 5) is 0. The van der Waals surface area contributed by atoms with E-state index in [1.807, 2.05) is 36.4 Å². The van der Waals surface area contributed by atoms with Crippen molar-refractivity contribution in [3.8, 4) is 0 Å². The quantitative estimate of drug-likeness (QED) is 0.229. The summed E-state index contributed by atoms with van der Waals surface area (Å²) in [7, 11) is 0. The number of hydrogen-bond acceptors (Lipinski definition) is 2. The van der Waals surface area contributed by atoms with Crippen molar-refractivity contribution in [2.24, 2.45) is 0 Å². The average Bonchev–Trinajstić information content (AvgIpc) is 2.85. The minimum atomic E-state index is 0.195. The molecule has 0 aromatic heterocycles. The van der Waals surface area contributed by atoms with Crippen molar-refractivity contribution >= 4 is 33.0 Å². The van der Waals surface area contributed by atoms with E-state index in [2.05, 4.69) is 139 Å². The molecule has 0 heterocycles. The molecule has 0 amide bonds. The lowest BCUT2D eigenvalue weighted by atomic mass is 9.85. The first kappa shape index (κ1) is 32.2. The molecular weight excluding hydrogens is 540 g/mol. The third-order valence-electron chi connectivity index (χ3n) is 6.63. The number of anilines is 3. The van der Waals surface area contributed by atoms with Gasteiger partial charge in [-0.2, -0.15) is 0 Å². The summed E-state index contributed by atoms with van der Waals surface area (Å²) in [6.45, 7) is 21.9. The maximum Gasteiger partial charge on any atom is 0.0443 e. The zero-order chi connectivity index (χ0) is 29.4. The van der Waals surface area contributed by atoms with E-state index in [-0.39, 0.29) is 10.8 Å². The van der Waals surface area contributed by atoms with Crippen molar-refractivity contribution in [3.05, 3.63) is 123 Å². The number of hydrogen-bond donors (Lipinski definition) is 2. The Kier molecular flexibility index (Phi) is 11.4. The van der Waals surface area contributed by atoms with Gasteiger partial charge in [0.25, 0.3) is 0 Å². The zero-order valence-corrected chi connectivity index (χ0v) is 27.1. The van der Waals surface area contributed by atoms with E-state index >= 15 is 0 Å². The lowest BCUT2D eigenvalue weighted by molar-refractivity contribution is 0.589. The van der Waals surface area contributed by atoms with Gasteiger partial charge in [-0.15, -0.1) is 0 Å². The van der Waals surface area contributed by atoms with E-state index in [1.54, 1.807) is 0 Å². The molecule has 0 unspecified atom stereocenters. The molecule has 0 bridgehead atoms. The highest BCUT2D eigenvalue weighted by Gasteiger charge is 2.16. The second kappa shape index (κ2) is 13.8. The highest BCUT2D eigenvalue weighted by Crippen LogP contribution is 2.31. The Morgan fingerprint density at radius 2 is 0.923 bits per heavy atom. The fourth-order valence-electron chi connectivity index (χ4n) is 4.08. The predicted molar refractivity (Wildman–Crippen MR) is 178 cm³/mol. The monoisotopic (exact) mass is 586 g/mol. The maximum atomic E-state index is 5.89. The molecular formula is C36H47BrN2. The number of benzene rings is 4. The van der Waals surface area contributed by atoms with Gasteiger partial charge < -0.3 is 11.1 Å². The molecule has 0 saturated heterocycles. The number of para-hydroxylation sites is 1. The smallest absolute Gasteiger partial charge is 0.0443 e. The summed E-state index contributed by atoms with van der Waals surface area (Å²) < 4.78 is 1.13. The Labute approximate surface area is 246 Å². The molecule has 4 aromatic carbocycles. The van der Waals surface area contributed by atoms with Crippen LogP contribution in [0.1, 0.15) is 74.9 Å². The van der Waals surface area contributed by atoms with Gasteiger partial charge in [0.05, 0.1) is 0 Å². The largest absolute Gasteiger partial charge is 0.398 e. The standard InChI is InChI=1S/C18H23N.C12H19N.C6H5Br/c1-13-11-15(18(3,4)5)12-14(2)17(13)19-16-9-7-6-8-10-16;1-8-6-10(12(3,4)5)7-9(2)11(8)13;7-6-4-2-1-3-5-6/h6-12,19H,1-5H3;6-7H,13H2,1-5H3;1-5H. The van der Waals surface area contributed by atoms with Gasteiger partial charge in [0, 0.05) is 21.5 Å². The lowest BCUT2D eigenvalue weighted by Gasteiger charge is -2.23. The number of nitrogens with two attached hydrogens (primary N) is 1. The first-order valence-corrected chi connectivity index (χ1v) is 14.4. The molecule has 0 spiro atoms. The molecule has 3 N–H and O–H groups in total. The van der Waals surface area contributed by atoms with Gasteiger partial charge in [0.2, 0.25) is 0 Å². The average molecular weight is 588 g/mol. The number of rotatable bonds is 2. The van der Waals surface area contributed by atoms with Crippen LogP contribution in [0, 0.1) is 27.7 Å². The summed E-state index contributed by atoms with van der Waals surface area (Å²) in [5.41, 5.74) is 17.3. The molecule has 3 heteroatoms. The van der Waals surface area contributed by atoms with Crippen LogP contribution in [0.25, 0.3) is 0 Å². The van der Waals surface area contributed by atoms with E-state index in [0.717, 1.165) is 15.8 Å². The van der Waals surface area contributed by atoms with Gasteiger partial charge in [0.15, 0.2) is 0 Å². The maximum absolute atomic E-state index is 5.89. The zero-order valence-electron chi connectivity index (χ0n) is 25.5. The number of nitrogens with one attached hydrogen (secondary N) is 1. The van der Waals surface area contributed by atoms with Crippen LogP contribution in [0.2, 0.25) is 0 Å². The fraction of sp³-hybridized carbons (Fsp3) is 0.333. The molecule has 0 radical (unpaired) electrons. The van der Waals surface area contributed by atoms with E-state index < -0.39 is 0 Å². The van der Waals surface area contributed by atoms with Crippen LogP contribution in [0.4, 0.5) is 17.1 Å². The lowest BCUT2D eigenvalue weighted by Crippen LogP contribution is -2.12. The van der Waals surface area contributed by atoms with Crippen LogP contribution in [-0.2, 0) is 10.8 Å². The van der Waals surface area contributed by atoms with Crippen molar-refractivity contribution in [2.45, 2.75) is 80.1 Å². The minimum absolute atomic E-state index is 0.195.